The minimum absolute atomic E-state index is 0.0354. The Kier molecular flexibility index (Phi) is 8.21. The molecule has 4 heteroatoms. The molecule has 4 nitrogen and oxygen atoms in total. The third-order valence-corrected chi connectivity index (χ3v) is 2.26. The van der Waals surface area contributed by atoms with E-state index < -0.39 is 0 Å². The van der Waals surface area contributed by atoms with Gasteiger partial charge in [0.1, 0.15) is 0 Å². The lowest BCUT2D eigenvalue weighted by Crippen LogP contribution is -2.43. The Morgan fingerprint density at radius 3 is 2.25 bits per heavy atom. The first-order valence-electron chi connectivity index (χ1n) is 6.22. The maximum atomic E-state index is 11.5. The van der Waals surface area contributed by atoms with E-state index >= 15 is 0 Å². The van der Waals surface area contributed by atoms with Crippen LogP contribution in [0, 0.1) is 0 Å². The summed E-state index contributed by atoms with van der Waals surface area (Å²) in [6, 6.07) is 0.334. The molecule has 0 aliphatic carbocycles. The SMILES string of the molecule is CC(C)NCCCCC(N)C(=O)NC(C)C. The van der Waals surface area contributed by atoms with Gasteiger partial charge in [0.05, 0.1) is 6.04 Å². The van der Waals surface area contributed by atoms with Crippen molar-refractivity contribution >= 4 is 5.91 Å². The van der Waals surface area contributed by atoms with Crippen molar-refractivity contribution in [3.8, 4) is 0 Å². The molecule has 0 rings (SSSR count). The minimum atomic E-state index is -0.360. The van der Waals surface area contributed by atoms with E-state index in [2.05, 4.69) is 24.5 Å². The molecule has 1 unspecified atom stereocenters. The molecule has 0 aliphatic rings. The van der Waals surface area contributed by atoms with E-state index in [-0.39, 0.29) is 18.0 Å². The smallest absolute Gasteiger partial charge is 0.237 e. The molecule has 1 amide bonds. The lowest BCUT2D eigenvalue weighted by molar-refractivity contribution is -0.123. The van der Waals surface area contributed by atoms with E-state index in [1.807, 2.05) is 13.8 Å². The molecule has 0 aromatic heterocycles. The summed E-state index contributed by atoms with van der Waals surface area (Å²) < 4.78 is 0. The zero-order valence-electron chi connectivity index (χ0n) is 11.0. The largest absolute Gasteiger partial charge is 0.353 e. The van der Waals surface area contributed by atoms with Gasteiger partial charge in [0.25, 0.3) is 0 Å². The van der Waals surface area contributed by atoms with Gasteiger partial charge >= 0.3 is 0 Å². The summed E-state index contributed by atoms with van der Waals surface area (Å²) >= 11 is 0. The predicted octanol–water partition coefficient (Wildman–Crippen LogP) is 1.01. The van der Waals surface area contributed by atoms with Crippen LogP contribution in [0.2, 0.25) is 0 Å². The van der Waals surface area contributed by atoms with E-state index in [0.717, 1.165) is 25.8 Å². The molecule has 0 aliphatic heterocycles. The van der Waals surface area contributed by atoms with Crippen molar-refractivity contribution in [3.05, 3.63) is 0 Å². The molecule has 0 fully saturated rings. The molecule has 1 atom stereocenters. The second-order valence-electron chi connectivity index (χ2n) is 4.87. The summed E-state index contributed by atoms with van der Waals surface area (Å²) in [4.78, 5) is 11.5. The van der Waals surface area contributed by atoms with Crippen LogP contribution < -0.4 is 16.4 Å². The van der Waals surface area contributed by atoms with Gasteiger partial charge in [-0.1, -0.05) is 20.3 Å². The molecular weight excluding hydrogens is 202 g/mol. The lowest BCUT2D eigenvalue weighted by atomic mass is 10.1. The molecule has 0 bridgehead atoms. The van der Waals surface area contributed by atoms with Gasteiger partial charge in [0.15, 0.2) is 0 Å². The number of hydrogen-bond donors (Lipinski definition) is 3. The summed E-state index contributed by atoms with van der Waals surface area (Å²) in [6.07, 6.45) is 2.82. The van der Waals surface area contributed by atoms with Crippen molar-refractivity contribution < 1.29 is 4.79 Å². The first-order chi connectivity index (χ1) is 7.43. The van der Waals surface area contributed by atoms with Gasteiger partial charge in [-0.2, -0.15) is 0 Å². The average molecular weight is 229 g/mol. The zero-order chi connectivity index (χ0) is 12.6. The van der Waals surface area contributed by atoms with Crippen LogP contribution in [-0.4, -0.2) is 30.6 Å². The molecule has 4 N–H and O–H groups in total. The molecule has 0 radical (unpaired) electrons. The molecule has 96 valence electrons. The van der Waals surface area contributed by atoms with Crippen LogP contribution in [0.3, 0.4) is 0 Å². The van der Waals surface area contributed by atoms with Gasteiger partial charge in [-0.25, -0.2) is 0 Å². The quantitative estimate of drug-likeness (QED) is 0.544. The molecule has 0 saturated heterocycles. The number of rotatable bonds is 8. The highest BCUT2D eigenvalue weighted by atomic mass is 16.2. The fourth-order valence-electron chi connectivity index (χ4n) is 1.40. The summed E-state index contributed by atoms with van der Waals surface area (Å²) in [5, 5.41) is 6.16. The Morgan fingerprint density at radius 1 is 1.12 bits per heavy atom. The van der Waals surface area contributed by atoms with Crippen LogP contribution in [-0.2, 0) is 4.79 Å². The molecule has 0 aromatic rings. The number of amides is 1. The number of carbonyl (C=O) groups excluding carboxylic acids is 1. The Morgan fingerprint density at radius 2 is 1.75 bits per heavy atom. The molecular formula is C12H27N3O. The molecule has 0 aromatic carbocycles. The number of nitrogens with one attached hydrogen (secondary N) is 2. The fourth-order valence-corrected chi connectivity index (χ4v) is 1.40. The first kappa shape index (κ1) is 15.4. The Labute approximate surface area is 99.4 Å². The third kappa shape index (κ3) is 8.68. The first-order valence-corrected chi connectivity index (χ1v) is 6.22. The Bertz CT molecular complexity index is 193. The second kappa shape index (κ2) is 8.53. The number of unbranched alkanes of at least 4 members (excludes halogenated alkanes) is 1. The molecule has 16 heavy (non-hydrogen) atoms. The van der Waals surface area contributed by atoms with E-state index in [0.29, 0.717) is 6.04 Å². The van der Waals surface area contributed by atoms with Gasteiger partial charge in [-0.15, -0.1) is 0 Å². The second-order valence-corrected chi connectivity index (χ2v) is 4.87. The number of hydrogen-bond acceptors (Lipinski definition) is 3. The van der Waals surface area contributed by atoms with E-state index in [9.17, 15) is 4.79 Å². The molecule has 0 heterocycles. The zero-order valence-corrected chi connectivity index (χ0v) is 11.0. The molecule has 0 saturated carbocycles. The van der Waals surface area contributed by atoms with E-state index in [4.69, 9.17) is 5.73 Å². The van der Waals surface area contributed by atoms with Crippen LogP contribution in [0.4, 0.5) is 0 Å². The van der Waals surface area contributed by atoms with Crippen molar-refractivity contribution in [2.75, 3.05) is 6.54 Å². The topological polar surface area (TPSA) is 67.1 Å². The Balaban J connectivity index is 3.49. The van der Waals surface area contributed by atoms with Crippen molar-refractivity contribution in [2.45, 2.75) is 65.1 Å². The van der Waals surface area contributed by atoms with Gasteiger partial charge in [-0.3, -0.25) is 4.79 Å². The lowest BCUT2D eigenvalue weighted by Gasteiger charge is -2.14. The maximum Gasteiger partial charge on any atom is 0.237 e. The number of carbonyl (C=O) groups is 1. The third-order valence-electron chi connectivity index (χ3n) is 2.26. The van der Waals surface area contributed by atoms with Crippen LogP contribution in [0.1, 0.15) is 47.0 Å². The van der Waals surface area contributed by atoms with Gasteiger partial charge in [-0.05, 0) is 33.2 Å². The number of nitrogens with two attached hydrogens (primary N) is 1. The van der Waals surface area contributed by atoms with Crippen molar-refractivity contribution in [2.24, 2.45) is 5.73 Å². The monoisotopic (exact) mass is 229 g/mol. The van der Waals surface area contributed by atoms with Crippen LogP contribution >= 0.6 is 0 Å². The molecule has 0 spiro atoms. The normalized spacial score (nSPS) is 13.2. The summed E-state index contributed by atoms with van der Waals surface area (Å²) in [5.41, 5.74) is 5.78. The van der Waals surface area contributed by atoms with Gasteiger partial charge < -0.3 is 16.4 Å². The van der Waals surface area contributed by atoms with Crippen LogP contribution in [0.5, 0.6) is 0 Å². The highest BCUT2D eigenvalue weighted by Gasteiger charge is 2.13. The minimum Gasteiger partial charge on any atom is -0.353 e. The predicted molar refractivity (Wildman–Crippen MR) is 68.2 cm³/mol. The highest BCUT2D eigenvalue weighted by Crippen LogP contribution is 1.99. The highest BCUT2D eigenvalue weighted by molar-refractivity contribution is 5.81. The fraction of sp³-hybridized carbons (Fsp3) is 0.917. The van der Waals surface area contributed by atoms with Crippen molar-refractivity contribution in [1.29, 1.82) is 0 Å². The van der Waals surface area contributed by atoms with Crippen LogP contribution in [0.15, 0.2) is 0 Å². The van der Waals surface area contributed by atoms with E-state index in [1.54, 1.807) is 0 Å². The van der Waals surface area contributed by atoms with Crippen molar-refractivity contribution in [3.63, 3.8) is 0 Å². The summed E-state index contributed by atoms with van der Waals surface area (Å²) in [5.74, 6) is -0.0354. The maximum absolute atomic E-state index is 11.5. The van der Waals surface area contributed by atoms with Crippen molar-refractivity contribution in [1.82, 2.24) is 10.6 Å². The standard InChI is InChI=1S/C12H27N3O/c1-9(2)14-8-6-5-7-11(13)12(16)15-10(3)4/h9-11,14H,5-8,13H2,1-4H3,(H,15,16). The van der Waals surface area contributed by atoms with Gasteiger partial charge in [0, 0.05) is 12.1 Å². The Hall–Kier alpha value is -0.610. The van der Waals surface area contributed by atoms with E-state index in [1.165, 1.54) is 0 Å². The summed E-state index contributed by atoms with van der Waals surface area (Å²) in [6.45, 7) is 9.13. The van der Waals surface area contributed by atoms with Crippen LogP contribution in [0.25, 0.3) is 0 Å². The average Bonchev–Trinajstić information content (AvgIpc) is 2.15. The van der Waals surface area contributed by atoms with Gasteiger partial charge in [0.2, 0.25) is 5.91 Å². The summed E-state index contributed by atoms with van der Waals surface area (Å²) in [7, 11) is 0.